The number of amides is 2. The Bertz CT molecular complexity index is 1070. The van der Waals surface area contributed by atoms with Crippen LogP contribution in [-0.2, 0) is 22.6 Å². The van der Waals surface area contributed by atoms with E-state index in [1.54, 1.807) is 4.90 Å². The second-order valence-corrected chi connectivity index (χ2v) is 9.30. The van der Waals surface area contributed by atoms with Gasteiger partial charge in [-0.2, -0.15) is 0 Å². The first-order valence-electron chi connectivity index (χ1n) is 12.8. The minimum Gasteiger partial charge on any atom is -0.494 e. The summed E-state index contributed by atoms with van der Waals surface area (Å²) in [7, 11) is 0. The van der Waals surface area contributed by atoms with Gasteiger partial charge in [0.15, 0.2) is 0 Å². The summed E-state index contributed by atoms with van der Waals surface area (Å²) in [6.45, 7) is 6.88. The third kappa shape index (κ3) is 8.56. The quantitative estimate of drug-likeness (QED) is 0.315. The normalized spacial score (nSPS) is 12.4. The van der Waals surface area contributed by atoms with E-state index < -0.39 is 6.04 Å². The van der Waals surface area contributed by atoms with Crippen LogP contribution >= 0.6 is 0 Å². The molecule has 3 aromatic rings. The van der Waals surface area contributed by atoms with Gasteiger partial charge in [0.05, 0.1) is 6.61 Å². The summed E-state index contributed by atoms with van der Waals surface area (Å²) >= 11 is 0. The van der Waals surface area contributed by atoms with Crippen LogP contribution in [0.25, 0.3) is 0 Å². The maximum absolute atomic E-state index is 13.6. The molecular formula is C31H38N2O3. The molecule has 5 nitrogen and oxygen atoms in total. The zero-order valence-electron chi connectivity index (χ0n) is 21.7. The highest BCUT2D eigenvalue weighted by molar-refractivity contribution is 5.88. The topological polar surface area (TPSA) is 58.6 Å². The average molecular weight is 487 g/mol. The predicted molar refractivity (Wildman–Crippen MR) is 145 cm³/mol. The van der Waals surface area contributed by atoms with Gasteiger partial charge in [0.1, 0.15) is 11.8 Å². The first-order valence-corrected chi connectivity index (χ1v) is 12.8. The molecule has 5 heteroatoms. The summed E-state index contributed by atoms with van der Waals surface area (Å²) in [5.74, 6) is 0.629. The SMILES string of the molecule is CC[C@@H](C)NC(=O)[C@H](Cc1ccccc1)N(Cc1ccccc1)C(=O)CCCOc1ccc(C)cc1. The van der Waals surface area contributed by atoms with Crippen molar-refractivity contribution in [2.75, 3.05) is 6.61 Å². The molecule has 0 heterocycles. The second-order valence-electron chi connectivity index (χ2n) is 9.30. The lowest BCUT2D eigenvalue weighted by atomic mass is 10.0. The molecule has 0 unspecified atom stereocenters. The average Bonchev–Trinajstić information content (AvgIpc) is 2.90. The van der Waals surface area contributed by atoms with Gasteiger partial charge in [0.25, 0.3) is 0 Å². The molecule has 0 aliphatic heterocycles. The lowest BCUT2D eigenvalue weighted by molar-refractivity contribution is -0.141. The van der Waals surface area contributed by atoms with Crippen LogP contribution in [0.2, 0.25) is 0 Å². The Morgan fingerprint density at radius 2 is 1.50 bits per heavy atom. The van der Waals surface area contributed by atoms with Gasteiger partial charge >= 0.3 is 0 Å². The Hall–Kier alpha value is -3.60. The molecular weight excluding hydrogens is 448 g/mol. The van der Waals surface area contributed by atoms with Crippen LogP contribution in [0.4, 0.5) is 0 Å². The van der Waals surface area contributed by atoms with Gasteiger partial charge in [-0.3, -0.25) is 9.59 Å². The van der Waals surface area contributed by atoms with Crippen molar-refractivity contribution >= 4 is 11.8 Å². The number of nitrogens with one attached hydrogen (secondary N) is 1. The molecule has 2 amide bonds. The van der Waals surface area contributed by atoms with E-state index >= 15 is 0 Å². The molecule has 190 valence electrons. The van der Waals surface area contributed by atoms with Gasteiger partial charge in [-0.1, -0.05) is 85.3 Å². The van der Waals surface area contributed by atoms with Gasteiger partial charge in [-0.15, -0.1) is 0 Å². The van der Waals surface area contributed by atoms with Crippen LogP contribution in [0, 0.1) is 6.92 Å². The van der Waals surface area contributed by atoms with E-state index in [4.69, 9.17) is 4.74 Å². The molecule has 3 aromatic carbocycles. The highest BCUT2D eigenvalue weighted by atomic mass is 16.5. The standard InChI is InChI=1S/C31H38N2O3/c1-4-25(3)32-31(35)29(22-26-12-7-5-8-13-26)33(23-27-14-9-6-10-15-27)30(34)16-11-21-36-28-19-17-24(2)18-20-28/h5-10,12-15,17-20,25,29H,4,11,16,21-23H2,1-3H3,(H,32,35)/t25-,29+/m1/s1. The molecule has 3 rings (SSSR count). The van der Waals surface area contributed by atoms with Crippen molar-refractivity contribution in [3.63, 3.8) is 0 Å². The highest BCUT2D eigenvalue weighted by Gasteiger charge is 2.30. The van der Waals surface area contributed by atoms with E-state index in [0.717, 1.165) is 23.3 Å². The van der Waals surface area contributed by atoms with Crippen LogP contribution < -0.4 is 10.1 Å². The van der Waals surface area contributed by atoms with Gasteiger partial charge in [-0.25, -0.2) is 0 Å². The molecule has 2 atom stereocenters. The lowest BCUT2D eigenvalue weighted by Gasteiger charge is -2.32. The first-order chi connectivity index (χ1) is 17.5. The van der Waals surface area contributed by atoms with Crippen molar-refractivity contribution in [1.29, 1.82) is 0 Å². The monoisotopic (exact) mass is 486 g/mol. The molecule has 0 radical (unpaired) electrons. The number of rotatable bonds is 13. The van der Waals surface area contributed by atoms with Gasteiger partial charge in [0.2, 0.25) is 11.8 Å². The van der Waals surface area contributed by atoms with Crippen molar-refractivity contribution < 1.29 is 14.3 Å². The summed E-state index contributed by atoms with van der Waals surface area (Å²) in [6, 6.07) is 27.1. The number of benzene rings is 3. The Morgan fingerprint density at radius 3 is 2.11 bits per heavy atom. The van der Waals surface area contributed by atoms with Gasteiger partial charge in [0, 0.05) is 25.4 Å². The number of carbonyl (C=O) groups is 2. The minimum atomic E-state index is -0.605. The van der Waals surface area contributed by atoms with Crippen molar-refractivity contribution in [2.45, 2.75) is 65.1 Å². The summed E-state index contributed by atoms with van der Waals surface area (Å²) in [4.78, 5) is 28.8. The third-order valence-corrected chi connectivity index (χ3v) is 6.29. The fraction of sp³-hybridized carbons (Fsp3) is 0.355. The number of hydrogen-bond donors (Lipinski definition) is 1. The first kappa shape index (κ1) is 27.0. The van der Waals surface area contributed by atoms with E-state index in [1.165, 1.54) is 5.56 Å². The number of carbonyl (C=O) groups excluding carboxylic acids is 2. The summed E-state index contributed by atoms with van der Waals surface area (Å²) in [5.41, 5.74) is 3.20. The Labute approximate surface area is 215 Å². The summed E-state index contributed by atoms with van der Waals surface area (Å²) in [6.07, 6.45) is 2.16. The van der Waals surface area contributed by atoms with Crippen LogP contribution in [-0.4, -0.2) is 35.4 Å². The zero-order chi connectivity index (χ0) is 25.8. The number of aryl methyl sites for hydroxylation is 1. The van der Waals surface area contributed by atoms with Crippen LogP contribution in [0.15, 0.2) is 84.9 Å². The molecule has 0 aliphatic carbocycles. The van der Waals surface area contributed by atoms with Crippen LogP contribution in [0.1, 0.15) is 49.8 Å². The number of ether oxygens (including phenoxy) is 1. The van der Waals surface area contributed by atoms with E-state index in [9.17, 15) is 9.59 Å². The molecule has 1 N–H and O–H groups in total. The van der Waals surface area contributed by atoms with Crippen molar-refractivity contribution in [1.82, 2.24) is 10.2 Å². The minimum absolute atomic E-state index is 0.0346. The van der Waals surface area contributed by atoms with E-state index in [-0.39, 0.29) is 17.9 Å². The van der Waals surface area contributed by atoms with Gasteiger partial charge in [-0.05, 0) is 49.9 Å². The molecule has 36 heavy (non-hydrogen) atoms. The molecule has 0 aromatic heterocycles. The molecule has 0 saturated heterocycles. The Kier molecular flexibility index (Phi) is 10.6. The maximum Gasteiger partial charge on any atom is 0.243 e. The Balaban J connectivity index is 1.76. The third-order valence-electron chi connectivity index (χ3n) is 6.29. The second kappa shape index (κ2) is 14.1. The number of nitrogens with zero attached hydrogens (tertiary/aromatic N) is 1. The van der Waals surface area contributed by atoms with Crippen molar-refractivity contribution in [2.24, 2.45) is 0 Å². The molecule has 0 spiro atoms. The summed E-state index contributed by atoms with van der Waals surface area (Å²) in [5, 5.41) is 3.11. The smallest absolute Gasteiger partial charge is 0.243 e. The Morgan fingerprint density at radius 1 is 0.889 bits per heavy atom. The molecule has 0 bridgehead atoms. The van der Waals surface area contributed by atoms with Crippen LogP contribution in [0.5, 0.6) is 5.75 Å². The van der Waals surface area contributed by atoms with Crippen LogP contribution in [0.3, 0.4) is 0 Å². The zero-order valence-corrected chi connectivity index (χ0v) is 21.7. The van der Waals surface area contributed by atoms with E-state index in [1.807, 2.05) is 106 Å². The fourth-order valence-corrected chi connectivity index (χ4v) is 3.97. The highest BCUT2D eigenvalue weighted by Crippen LogP contribution is 2.17. The van der Waals surface area contributed by atoms with E-state index in [2.05, 4.69) is 5.32 Å². The lowest BCUT2D eigenvalue weighted by Crippen LogP contribution is -2.52. The predicted octanol–water partition coefficient (Wildman–Crippen LogP) is 5.71. The maximum atomic E-state index is 13.6. The molecule has 0 saturated carbocycles. The van der Waals surface area contributed by atoms with Crippen molar-refractivity contribution in [3.8, 4) is 5.75 Å². The number of hydrogen-bond acceptors (Lipinski definition) is 3. The molecule has 0 aliphatic rings. The van der Waals surface area contributed by atoms with Crippen molar-refractivity contribution in [3.05, 3.63) is 102 Å². The van der Waals surface area contributed by atoms with E-state index in [0.29, 0.717) is 32.4 Å². The fourth-order valence-electron chi connectivity index (χ4n) is 3.97. The largest absolute Gasteiger partial charge is 0.494 e. The summed E-state index contributed by atoms with van der Waals surface area (Å²) < 4.78 is 5.83. The molecule has 0 fully saturated rings. The van der Waals surface area contributed by atoms with Gasteiger partial charge < -0.3 is 15.0 Å².